The number of thioether (sulfide) groups is 1. The molecule has 1 fully saturated rings. The highest BCUT2D eigenvalue weighted by Gasteiger charge is 2.90. The van der Waals surface area contributed by atoms with Gasteiger partial charge in [0.25, 0.3) is 0 Å². The molecule has 0 nitrogen and oxygen atoms in total. The molecule has 11 aromatic rings. The summed E-state index contributed by atoms with van der Waals surface area (Å²) in [4.78, 5) is 1.76. The Bertz CT molecular complexity index is 5700. The highest BCUT2D eigenvalue weighted by Crippen LogP contribution is 3.01. The second-order valence-corrected chi connectivity index (χ2v) is 34.8. The third-order valence-electron chi connectivity index (χ3n) is 32.0. The summed E-state index contributed by atoms with van der Waals surface area (Å²) in [6, 6.07) is 5.78. The Balaban J connectivity index is 0.988. The van der Waals surface area contributed by atoms with Crippen LogP contribution in [0.15, 0.2) is 17.0 Å². The Hall–Kier alpha value is -5.37. The van der Waals surface area contributed by atoms with Gasteiger partial charge in [-0.2, -0.15) is 0 Å². The molecule has 23 aliphatic rings. The maximum Gasteiger partial charge on any atom is 0.0645 e. The molecule has 342 valence electrons. The van der Waals surface area contributed by atoms with E-state index in [4.69, 9.17) is 0 Å². The van der Waals surface area contributed by atoms with Crippen LogP contribution in [0, 0.1) is 11.8 Å². The van der Waals surface area contributed by atoms with Crippen LogP contribution < -0.4 is 0 Å². The molecule has 1 heteroatoms. The first-order chi connectivity index (χ1) is 36.7. The van der Waals surface area contributed by atoms with E-state index in [2.05, 4.69) is 76.6 Å². The normalized spacial score (nSPS) is 46.1. The van der Waals surface area contributed by atoms with Gasteiger partial charge in [0, 0.05) is 10.3 Å². The molecular weight excluding hydrogens is 921 g/mol. The summed E-state index contributed by atoms with van der Waals surface area (Å²) >= 11 is 2.62. The van der Waals surface area contributed by atoms with Gasteiger partial charge >= 0.3 is 0 Å². The van der Waals surface area contributed by atoms with Gasteiger partial charge in [-0.1, -0.05) is 47.6 Å². The first-order valence-electron chi connectivity index (χ1n) is 30.8. The summed E-state index contributed by atoms with van der Waals surface area (Å²) in [7, 11) is 0. The Labute approximate surface area is 432 Å². The van der Waals surface area contributed by atoms with Crippen molar-refractivity contribution in [3.8, 4) is 11.1 Å². The van der Waals surface area contributed by atoms with Crippen LogP contribution in [0.3, 0.4) is 0 Å². The zero-order chi connectivity index (χ0) is 45.9. The average molecular weight is 961 g/mol. The van der Waals surface area contributed by atoms with Crippen molar-refractivity contribution in [2.75, 3.05) is 0 Å². The topological polar surface area (TPSA) is 0 Å². The van der Waals surface area contributed by atoms with E-state index in [1.807, 2.05) is 203 Å². The lowest BCUT2D eigenvalue weighted by Gasteiger charge is -2.65. The lowest BCUT2D eigenvalue weighted by atomic mass is 9.39. The van der Waals surface area contributed by atoms with Gasteiger partial charge in [0.15, 0.2) is 0 Å². The van der Waals surface area contributed by atoms with Crippen molar-refractivity contribution in [3.63, 3.8) is 0 Å². The van der Waals surface area contributed by atoms with E-state index >= 15 is 0 Å². The van der Waals surface area contributed by atoms with Crippen molar-refractivity contribution < 1.29 is 0 Å². The third kappa shape index (κ3) is 1.84. The lowest BCUT2D eigenvalue weighted by Crippen LogP contribution is -2.62. The molecule has 1 saturated carbocycles. The molecule has 22 aliphatic carbocycles. The molecule has 34 rings (SSSR count). The molecule has 0 bridgehead atoms. The highest BCUT2D eigenvalue weighted by atomic mass is 32.2. The maximum absolute atomic E-state index is 2.90. The van der Waals surface area contributed by atoms with Gasteiger partial charge in [-0.3, -0.25) is 0 Å². The van der Waals surface area contributed by atoms with Crippen LogP contribution in [-0.4, -0.2) is 0 Å². The zero-order valence-corrected chi connectivity index (χ0v) is 42.9. The number of hydrogen-bond donors (Lipinski definition) is 0. The van der Waals surface area contributed by atoms with Crippen molar-refractivity contribution >= 4 is 97.9 Å². The van der Waals surface area contributed by atoms with Gasteiger partial charge in [-0.25, -0.2) is 0 Å². The Kier molecular flexibility index (Phi) is 3.08. The predicted octanol–water partition coefficient (Wildman–Crippen LogP) is 17.1. The van der Waals surface area contributed by atoms with Crippen LogP contribution >= 0.6 is 11.8 Å². The summed E-state index contributed by atoms with van der Waals surface area (Å²) in [6.45, 7) is 15.6. The van der Waals surface area contributed by atoms with Crippen LogP contribution in [0.2, 0.25) is 0 Å². The molecule has 0 N–H and O–H groups in total. The first kappa shape index (κ1) is 31.8. The fraction of sp³-hybridized carbons (Fsp3) is 0.405. The third-order valence-corrected chi connectivity index (χ3v) is 33.6. The van der Waals surface area contributed by atoms with Crippen LogP contribution in [0.5, 0.6) is 0 Å². The number of rotatable bonds is 0. The molecule has 2 spiro atoms. The van der Waals surface area contributed by atoms with Crippen LogP contribution in [0.4, 0.5) is 0 Å². The van der Waals surface area contributed by atoms with E-state index in [1.54, 1.807) is 16.0 Å². The van der Waals surface area contributed by atoms with E-state index in [-0.39, 0.29) is 21.0 Å². The number of fused-ring (bicyclic) bond motifs is 1. The highest BCUT2D eigenvalue weighted by molar-refractivity contribution is 8.00. The first-order valence-corrected chi connectivity index (χ1v) is 31.6. The fourth-order valence-corrected chi connectivity index (χ4v) is 35.1. The average Bonchev–Trinajstić information content (AvgIpc) is 1.89. The van der Waals surface area contributed by atoms with Crippen LogP contribution in [0.25, 0.3) is 97.3 Å². The summed E-state index contributed by atoms with van der Waals surface area (Å²) in [5.74, 6) is 13.0. The minimum absolute atomic E-state index is 0.0133. The van der Waals surface area contributed by atoms with Gasteiger partial charge in [0.05, 0.1) is 4.75 Å². The Morgan fingerprint density at radius 1 is 0.293 bits per heavy atom. The lowest BCUT2D eigenvalue weighted by molar-refractivity contribution is 0.0334. The van der Waals surface area contributed by atoms with Crippen molar-refractivity contribution in [2.24, 2.45) is 11.8 Å². The quantitative estimate of drug-likeness (QED) is 0.137. The van der Waals surface area contributed by atoms with E-state index in [0.29, 0.717) is 118 Å². The molecule has 0 amide bonds. The molecular formula is C74H40S. The van der Waals surface area contributed by atoms with Gasteiger partial charge in [0.2, 0.25) is 0 Å². The van der Waals surface area contributed by atoms with E-state index in [9.17, 15) is 0 Å². The smallest absolute Gasteiger partial charge is 0.0645 e. The predicted molar refractivity (Wildman–Crippen MR) is 294 cm³/mol. The van der Waals surface area contributed by atoms with Crippen molar-refractivity contribution in [2.45, 2.75) is 174 Å². The van der Waals surface area contributed by atoms with Gasteiger partial charge in [0.1, 0.15) is 0 Å². The SMILES string of the molecule is CC(C)(C)c1cc2c(c(C(C)(C)C)c1)C13c4c5c6c7c8c9c%10c%11c%12c%13c%14c%15c(c%16c%13c%10c7c4-%16)C1(S2)C1C%15C2c4c7c%10c%13c%15c%16c%17c%18c%19c%20c%21c%22c%23c(c4c4c%22c%19c%16c%104)C2C%14C%12C%23C%21C%11C9C%20C%18C8C6C%17C%15C5C3C%13C71. The van der Waals surface area contributed by atoms with Crippen molar-refractivity contribution in [3.05, 3.63) is 140 Å². The molecule has 0 saturated heterocycles. The van der Waals surface area contributed by atoms with Gasteiger partial charge < -0.3 is 0 Å². The Morgan fingerprint density at radius 2 is 0.600 bits per heavy atom. The maximum atomic E-state index is 2.90. The zero-order valence-electron chi connectivity index (χ0n) is 42.1. The van der Waals surface area contributed by atoms with Gasteiger partial charge in [-0.05, 0) is 361 Å². The summed E-state index contributed by atoms with van der Waals surface area (Å²) < 4.78 is 0.0133. The van der Waals surface area contributed by atoms with Gasteiger partial charge in [-0.15, -0.1) is 11.8 Å². The number of hydrogen-bond acceptors (Lipinski definition) is 1. The van der Waals surface area contributed by atoms with Crippen LogP contribution in [0.1, 0.15) is 276 Å². The summed E-state index contributed by atoms with van der Waals surface area (Å²) in [5.41, 5.74) is 49.9. The van der Waals surface area contributed by atoms with E-state index < -0.39 is 0 Å². The molecule has 11 aromatic carbocycles. The molecule has 0 radical (unpaired) electrons. The molecule has 0 aromatic heterocycles. The summed E-state index contributed by atoms with van der Waals surface area (Å²) in [5, 5.41) is 30.8. The van der Waals surface area contributed by atoms with Crippen molar-refractivity contribution in [1.82, 2.24) is 0 Å². The molecule has 22 atom stereocenters. The second kappa shape index (κ2) is 7.28. The minimum atomic E-state index is -0.0282. The standard InChI is InChI=1S/C74H40S/c1-71(2,3)9-7-10(72(4,5)6)66-11(8-9)75-74-69-62-56-46-34-26-18-14-12-13-16-20(18)28(34)38-32-24(16)25-17(13)21-19-15(12)23-22(14)30-36(26)44-50-40(30)41-31(23)37-27(19)35-29(21)39-33(25)43-42(32)54(48(38)56)64(69)65-55(43)49(39)57-47(35)53-45(37)51(41)59-58(50)67(60(62)52(44)46)73(66,74)68(59)61(53)63(57)70(65)74/h7-8,14,16,18,20,22,24,30,32,40-43,51,55,59,61,63,65,68,70H,1-6H3. The minimum Gasteiger partial charge on any atom is -0.112 e. The largest absolute Gasteiger partial charge is 0.112 e. The van der Waals surface area contributed by atoms with Crippen LogP contribution in [-0.2, 0) is 21.0 Å². The second-order valence-electron chi connectivity index (χ2n) is 33.5. The fourth-order valence-electron chi connectivity index (χ4n) is 33.0. The molecule has 75 heavy (non-hydrogen) atoms. The molecule has 1 aliphatic heterocycles. The number of benzene rings is 10. The monoisotopic (exact) mass is 960 g/mol. The summed E-state index contributed by atoms with van der Waals surface area (Å²) in [6.07, 6.45) is 0. The van der Waals surface area contributed by atoms with E-state index in [1.165, 1.54) is 0 Å². The molecule has 22 unspecified atom stereocenters. The van der Waals surface area contributed by atoms with Crippen molar-refractivity contribution in [1.29, 1.82) is 0 Å². The van der Waals surface area contributed by atoms with E-state index in [0.717, 1.165) is 0 Å². The Morgan fingerprint density at radius 3 is 1.01 bits per heavy atom. The molecule has 1 heterocycles.